The molecule has 0 amide bonds. The molecular formula is C48H33N5. The van der Waals surface area contributed by atoms with Crippen molar-refractivity contribution in [3.63, 3.8) is 0 Å². The highest BCUT2D eigenvalue weighted by Gasteiger charge is 2.41. The Balaban J connectivity index is 1.07. The van der Waals surface area contributed by atoms with E-state index in [1.165, 1.54) is 22.4 Å². The Kier molecular flexibility index (Phi) is 7.54. The van der Waals surface area contributed by atoms with Gasteiger partial charge in [0.2, 0.25) is 0 Å². The smallest absolute Gasteiger partial charge is 0.182 e. The van der Waals surface area contributed by atoms with Gasteiger partial charge in [-0.15, -0.1) is 0 Å². The first kappa shape index (κ1) is 30.8. The molecule has 2 aliphatic rings. The molecule has 10 rings (SSSR count). The topological polar surface area (TPSA) is 54.8 Å². The molecule has 6 aromatic carbocycles. The van der Waals surface area contributed by atoms with Crippen LogP contribution in [0.25, 0.3) is 62.6 Å². The lowest BCUT2D eigenvalue weighted by atomic mass is 9.81. The largest absolute Gasteiger partial charge is 0.318 e. The van der Waals surface area contributed by atoms with Gasteiger partial charge in [-0.25, -0.2) is 19.9 Å². The summed E-state index contributed by atoms with van der Waals surface area (Å²) in [5.74, 6) is 2.80. The first-order valence-electron chi connectivity index (χ1n) is 18.0. The molecule has 0 radical (unpaired) electrons. The number of rotatable bonds is 6. The number of aromatic nitrogens is 4. The van der Waals surface area contributed by atoms with Crippen molar-refractivity contribution in [2.24, 2.45) is 0 Å². The van der Waals surface area contributed by atoms with E-state index in [1.54, 1.807) is 0 Å². The van der Waals surface area contributed by atoms with E-state index in [2.05, 4.69) is 175 Å². The lowest BCUT2D eigenvalue weighted by molar-refractivity contribution is 0.719. The summed E-state index contributed by atoms with van der Waals surface area (Å²) < 4.78 is 0. The molecule has 3 heterocycles. The zero-order chi connectivity index (χ0) is 35.1. The van der Waals surface area contributed by atoms with Crippen molar-refractivity contribution in [3.05, 3.63) is 199 Å². The molecule has 2 unspecified atom stereocenters. The van der Waals surface area contributed by atoms with Crippen LogP contribution in [0.5, 0.6) is 0 Å². The molecule has 250 valence electrons. The predicted molar refractivity (Wildman–Crippen MR) is 214 cm³/mol. The van der Waals surface area contributed by atoms with Crippen LogP contribution >= 0.6 is 0 Å². The third kappa shape index (κ3) is 5.60. The average Bonchev–Trinajstić information content (AvgIpc) is 3.59. The second-order valence-corrected chi connectivity index (χ2v) is 13.5. The maximum atomic E-state index is 5.29. The summed E-state index contributed by atoms with van der Waals surface area (Å²) >= 11 is 0. The third-order valence-electron chi connectivity index (χ3n) is 10.3. The standard InChI is InChI=1S/C48H33N5/c1-3-12-32(13-4-1)34-22-26-37(27-23-34)46-50-47(38-28-24-35(25-29-38)33-14-5-2-6-15-33)52-48(51-46)41-19-11-21-44(49-41)53-42-20-10-9-18-40(42)45-39-17-8-7-16-36(39)30-31-43(45)53/h1-31,43,45H. The van der Waals surface area contributed by atoms with Gasteiger partial charge >= 0.3 is 0 Å². The van der Waals surface area contributed by atoms with Crippen molar-refractivity contribution >= 4 is 17.6 Å². The minimum atomic E-state index is 0.0980. The SMILES string of the molecule is C1=CC2C(c3ccccc31)c1ccccc1N2c1cccc(-c2nc(-c3ccc(-c4ccccc4)cc3)nc(-c3ccc(-c4ccccc4)cc3)n2)n1. The van der Waals surface area contributed by atoms with Crippen LogP contribution in [0.4, 0.5) is 11.5 Å². The number of para-hydroxylation sites is 1. The van der Waals surface area contributed by atoms with Gasteiger partial charge in [0.1, 0.15) is 11.5 Å². The monoisotopic (exact) mass is 679 g/mol. The Morgan fingerprint density at radius 3 is 1.53 bits per heavy atom. The highest BCUT2D eigenvalue weighted by molar-refractivity contribution is 5.79. The molecule has 1 aliphatic carbocycles. The third-order valence-corrected chi connectivity index (χ3v) is 10.3. The van der Waals surface area contributed by atoms with Gasteiger partial charge in [-0.3, -0.25) is 0 Å². The summed E-state index contributed by atoms with van der Waals surface area (Å²) in [6.07, 6.45) is 4.56. The van der Waals surface area contributed by atoms with Gasteiger partial charge in [0.05, 0.1) is 6.04 Å². The number of hydrogen-bond acceptors (Lipinski definition) is 5. The molecule has 8 aromatic rings. The van der Waals surface area contributed by atoms with Crippen molar-refractivity contribution in [3.8, 4) is 56.5 Å². The van der Waals surface area contributed by atoms with Gasteiger partial charge in [-0.2, -0.15) is 0 Å². The Labute approximate surface area is 308 Å². The molecule has 1 aliphatic heterocycles. The van der Waals surface area contributed by atoms with E-state index in [4.69, 9.17) is 19.9 Å². The molecule has 0 N–H and O–H groups in total. The fourth-order valence-electron chi connectivity index (χ4n) is 7.75. The van der Waals surface area contributed by atoms with Gasteiger partial charge in [-0.05, 0) is 57.1 Å². The predicted octanol–water partition coefficient (Wildman–Crippen LogP) is 11.3. The van der Waals surface area contributed by atoms with Crippen molar-refractivity contribution in [2.45, 2.75) is 12.0 Å². The van der Waals surface area contributed by atoms with E-state index >= 15 is 0 Å². The number of hydrogen-bond donors (Lipinski definition) is 0. The van der Waals surface area contributed by atoms with E-state index < -0.39 is 0 Å². The molecule has 5 nitrogen and oxygen atoms in total. The Bertz CT molecular complexity index is 2520. The lowest BCUT2D eigenvalue weighted by Gasteiger charge is -2.30. The molecule has 2 aromatic heterocycles. The molecule has 53 heavy (non-hydrogen) atoms. The Morgan fingerprint density at radius 1 is 0.377 bits per heavy atom. The number of anilines is 2. The maximum Gasteiger partial charge on any atom is 0.182 e. The first-order valence-corrected chi connectivity index (χ1v) is 18.0. The minimum Gasteiger partial charge on any atom is -0.318 e. The van der Waals surface area contributed by atoms with Crippen LogP contribution in [0.2, 0.25) is 0 Å². The number of pyridine rings is 1. The van der Waals surface area contributed by atoms with Gasteiger partial charge in [0, 0.05) is 22.7 Å². The van der Waals surface area contributed by atoms with Crippen LogP contribution < -0.4 is 4.90 Å². The fraction of sp³-hybridized carbons (Fsp3) is 0.0417. The molecule has 5 heteroatoms. The van der Waals surface area contributed by atoms with E-state index in [1.807, 2.05) is 18.2 Å². The second-order valence-electron chi connectivity index (χ2n) is 13.5. The zero-order valence-corrected chi connectivity index (χ0v) is 28.8. The van der Waals surface area contributed by atoms with Gasteiger partial charge in [0.25, 0.3) is 0 Å². The van der Waals surface area contributed by atoms with Gasteiger partial charge < -0.3 is 4.90 Å². The van der Waals surface area contributed by atoms with E-state index in [0.717, 1.165) is 39.2 Å². The zero-order valence-electron chi connectivity index (χ0n) is 28.8. The van der Waals surface area contributed by atoms with Crippen LogP contribution in [0.3, 0.4) is 0 Å². The van der Waals surface area contributed by atoms with Crippen molar-refractivity contribution < 1.29 is 0 Å². The molecule has 0 saturated heterocycles. The van der Waals surface area contributed by atoms with Crippen LogP contribution in [-0.4, -0.2) is 26.0 Å². The molecule has 0 saturated carbocycles. The van der Waals surface area contributed by atoms with Crippen LogP contribution in [0.15, 0.2) is 182 Å². The first-order chi connectivity index (χ1) is 26.3. The maximum absolute atomic E-state index is 5.29. The van der Waals surface area contributed by atoms with Gasteiger partial charge in [0.15, 0.2) is 17.5 Å². The molecule has 2 atom stereocenters. The second kappa shape index (κ2) is 13.0. The fourth-order valence-corrected chi connectivity index (χ4v) is 7.75. The Morgan fingerprint density at radius 2 is 0.887 bits per heavy atom. The quantitative estimate of drug-likeness (QED) is 0.175. The highest BCUT2D eigenvalue weighted by atomic mass is 15.2. The summed E-state index contributed by atoms with van der Waals surface area (Å²) in [4.78, 5) is 22.8. The number of benzene rings is 6. The number of fused-ring (bicyclic) bond motifs is 5. The summed E-state index contributed by atoms with van der Waals surface area (Å²) in [5.41, 5.74) is 12.2. The molecular weight excluding hydrogens is 647 g/mol. The van der Waals surface area contributed by atoms with E-state index in [9.17, 15) is 0 Å². The van der Waals surface area contributed by atoms with Crippen LogP contribution in [-0.2, 0) is 0 Å². The van der Waals surface area contributed by atoms with E-state index in [-0.39, 0.29) is 12.0 Å². The van der Waals surface area contributed by atoms with Crippen molar-refractivity contribution in [1.82, 2.24) is 19.9 Å². The van der Waals surface area contributed by atoms with Crippen molar-refractivity contribution in [1.29, 1.82) is 0 Å². The summed E-state index contributed by atoms with van der Waals surface area (Å²) in [5, 5.41) is 0. The molecule has 0 bridgehead atoms. The van der Waals surface area contributed by atoms with E-state index in [0.29, 0.717) is 23.2 Å². The molecule has 0 spiro atoms. The van der Waals surface area contributed by atoms with Crippen LogP contribution in [0.1, 0.15) is 22.6 Å². The summed E-state index contributed by atoms with van der Waals surface area (Å²) in [7, 11) is 0. The summed E-state index contributed by atoms with van der Waals surface area (Å²) in [6, 6.07) is 61.3. The van der Waals surface area contributed by atoms with Gasteiger partial charge in [-0.1, -0.05) is 170 Å². The summed E-state index contributed by atoms with van der Waals surface area (Å²) in [6.45, 7) is 0. The normalized spacial score (nSPS) is 15.4. The van der Waals surface area contributed by atoms with Crippen LogP contribution in [0, 0.1) is 0 Å². The Hall–Kier alpha value is -6.98. The average molecular weight is 680 g/mol. The van der Waals surface area contributed by atoms with Crippen molar-refractivity contribution in [2.75, 3.05) is 4.90 Å². The lowest BCUT2D eigenvalue weighted by Crippen LogP contribution is -2.31. The molecule has 0 fully saturated rings. The minimum absolute atomic E-state index is 0.0980. The number of nitrogens with zero attached hydrogens (tertiary/aromatic N) is 5. The highest BCUT2D eigenvalue weighted by Crippen LogP contribution is 2.51.